The molecule has 0 atom stereocenters. The second kappa shape index (κ2) is 7.30. The van der Waals surface area contributed by atoms with Gasteiger partial charge in [-0.25, -0.2) is 4.79 Å². The summed E-state index contributed by atoms with van der Waals surface area (Å²) in [4.78, 5) is 28.0. The molecule has 2 aromatic carbocycles. The first-order valence-corrected chi connectivity index (χ1v) is 8.84. The quantitative estimate of drug-likeness (QED) is 0.814. The van der Waals surface area contributed by atoms with Crippen LogP contribution in [0.3, 0.4) is 0 Å². The van der Waals surface area contributed by atoms with Crippen LogP contribution in [0.4, 0.5) is 4.79 Å². The molecule has 0 aromatic heterocycles. The third-order valence-corrected chi connectivity index (χ3v) is 4.79. The van der Waals surface area contributed by atoms with Crippen molar-refractivity contribution in [3.8, 4) is 0 Å². The van der Waals surface area contributed by atoms with Crippen molar-refractivity contribution in [2.75, 3.05) is 20.1 Å². The Hall–Kier alpha value is -2.66. The molecule has 1 N–H and O–H groups in total. The van der Waals surface area contributed by atoms with Crippen molar-refractivity contribution in [3.05, 3.63) is 71.8 Å². The van der Waals surface area contributed by atoms with E-state index in [1.54, 1.807) is 13.8 Å². The number of nitrogens with one attached hydrogen (secondary N) is 1. The van der Waals surface area contributed by atoms with E-state index in [4.69, 9.17) is 0 Å². The van der Waals surface area contributed by atoms with Crippen molar-refractivity contribution in [1.82, 2.24) is 15.1 Å². The Bertz CT molecular complexity index is 735. The van der Waals surface area contributed by atoms with Gasteiger partial charge in [0.25, 0.3) is 5.91 Å². The lowest BCUT2D eigenvalue weighted by Gasteiger charge is -2.30. The first kappa shape index (κ1) is 18.1. The van der Waals surface area contributed by atoms with Gasteiger partial charge in [-0.2, -0.15) is 0 Å². The largest absolute Gasteiger partial charge is 0.325 e. The van der Waals surface area contributed by atoms with Crippen LogP contribution in [0.15, 0.2) is 60.7 Å². The molecule has 0 saturated carbocycles. The Morgan fingerprint density at radius 3 is 1.88 bits per heavy atom. The fraction of sp³-hybridized carbons (Fsp3) is 0.333. The van der Waals surface area contributed by atoms with Gasteiger partial charge in [0.15, 0.2) is 0 Å². The van der Waals surface area contributed by atoms with Gasteiger partial charge in [-0.15, -0.1) is 0 Å². The summed E-state index contributed by atoms with van der Waals surface area (Å²) in [6.07, 6.45) is 0. The first-order chi connectivity index (χ1) is 12.4. The molecule has 1 aliphatic heterocycles. The highest BCUT2D eigenvalue weighted by Crippen LogP contribution is 2.27. The number of hydrogen-bond donors (Lipinski definition) is 1. The first-order valence-electron chi connectivity index (χ1n) is 8.84. The van der Waals surface area contributed by atoms with E-state index < -0.39 is 5.54 Å². The molecule has 1 heterocycles. The van der Waals surface area contributed by atoms with E-state index in [2.05, 4.69) is 34.5 Å². The minimum atomic E-state index is -0.825. The summed E-state index contributed by atoms with van der Waals surface area (Å²) >= 11 is 0. The predicted molar refractivity (Wildman–Crippen MR) is 102 cm³/mol. The normalized spacial score (nSPS) is 16.4. The van der Waals surface area contributed by atoms with E-state index in [-0.39, 0.29) is 18.0 Å². The van der Waals surface area contributed by atoms with E-state index in [1.165, 1.54) is 16.0 Å². The van der Waals surface area contributed by atoms with Crippen molar-refractivity contribution >= 4 is 11.9 Å². The summed E-state index contributed by atoms with van der Waals surface area (Å²) < 4.78 is 0. The van der Waals surface area contributed by atoms with Crippen molar-refractivity contribution < 1.29 is 9.59 Å². The van der Waals surface area contributed by atoms with E-state index in [0.29, 0.717) is 13.1 Å². The summed E-state index contributed by atoms with van der Waals surface area (Å²) in [5.74, 6) is -0.174. The molecule has 0 bridgehead atoms. The monoisotopic (exact) mass is 351 g/mol. The molecular formula is C21H25N3O2. The number of carbonyl (C=O) groups is 2. The summed E-state index contributed by atoms with van der Waals surface area (Å²) in [5, 5.41) is 2.73. The second-order valence-corrected chi connectivity index (χ2v) is 7.22. The van der Waals surface area contributed by atoms with Crippen LogP contribution in [0.25, 0.3) is 0 Å². The number of hydrogen-bond acceptors (Lipinski definition) is 3. The molecule has 0 aliphatic carbocycles. The molecule has 3 rings (SSSR count). The molecule has 5 heteroatoms. The topological polar surface area (TPSA) is 52.6 Å². The second-order valence-electron chi connectivity index (χ2n) is 7.22. The molecule has 136 valence electrons. The molecule has 1 saturated heterocycles. The zero-order valence-corrected chi connectivity index (χ0v) is 15.5. The summed E-state index contributed by atoms with van der Waals surface area (Å²) in [6.45, 7) is 4.41. The highest BCUT2D eigenvalue weighted by atomic mass is 16.2. The van der Waals surface area contributed by atoms with Gasteiger partial charge in [-0.3, -0.25) is 14.6 Å². The molecule has 1 aliphatic rings. The predicted octanol–water partition coefficient (Wildman–Crippen LogP) is 3.04. The lowest BCUT2D eigenvalue weighted by atomic mass is 9.97. The zero-order valence-electron chi connectivity index (χ0n) is 15.5. The lowest BCUT2D eigenvalue weighted by Crippen LogP contribution is -2.42. The van der Waals surface area contributed by atoms with E-state index >= 15 is 0 Å². The average molecular weight is 351 g/mol. The van der Waals surface area contributed by atoms with Crippen molar-refractivity contribution in [2.24, 2.45) is 0 Å². The molecule has 26 heavy (non-hydrogen) atoms. The third kappa shape index (κ3) is 3.63. The molecular weight excluding hydrogens is 326 g/mol. The highest BCUT2D eigenvalue weighted by molar-refractivity contribution is 6.06. The fourth-order valence-corrected chi connectivity index (χ4v) is 3.38. The van der Waals surface area contributed by atoms with Gasteiger partial charge in [0.05, 0.1) is 6.04 Å². The van der Waals surface area contributed by atoms with Crippen LogP contribution in [-0.2, 0) is 4.79 Å². The molecule has 0 spiro atoms. The Balaban J connectivity index is 1.78. The van der Waals surface area contributed by atoms with Gasteiger partial charge in [0.1, 0.15) is 5.54 Å². The molecule has 0 radical (unpaired) electrons. The van der Waals surface area contributed by atoms with Gasteiger partial charge in [0, 0.05) is 13.1 Å². The number of amides is 3. The maximum atomic E-state index is 12.4. The standard InChI is InChI=1S/C21H25N3O2/c1-21(2)19(25)24(20(26)22-21)15-14-23(3)18(16-10-6-4-7-11-16)17-12-8-5-9-13-17/h4-13,18H,14-15H2,1-3H3,(H,22,26). The highest BCUT2D eigenvalue weighted by Gasteiger charge is 2.44. The molecule has 3 amide bonds. The zero-order chi connectivity index (χ0) is 18.7. The Morgan fingerprint density at radius 2 is 1.46 bits per heavy atom. The Kier molecular flexibility index (Phi) is 5.09. The van der Waals surface area contributed by atoms with Crippen LogP contribution in [0.1, 0.15) is 31.0 Å². The number of imide groups is 1. The van der Waals surface area contributed by atoms with Crippen molar-refractivity contribution in [1.29, 1.82) is 0 Å². The van der Waals surface area contributed by atoms with E-state index in [9.17, 15) is 9.59 Å². The van der Waals surface area contributed by atoms with Crippen LogP contribution in [0.2, 0.25) is 0 Å². The smallest absolute Gasteiger partial charge is 0.324 e. The van der Waals surface area contributed by atoms with Gasteiger partial charge in [-0.05, 0) is 32.0 Å². The number of rotatable bonds is 6. The van der Waals surface area contributed by atoms with Crippen LogP contribution in [0.5, 0.6) is 0 Å². The van der Waals surface area contributed by atoms with Gasteiger partial charge in [0.2, 0.25) is 0 Å². The Labute approximate surface area is 154 Å². The summed E-state index contributed by atoms with van der Waals surface area (Å²) in [5.41, 5.74) is 1.53. The van der Waals surface area contributed by atoms with Gasteiger partial charge >= 0.3 is 6.03 Å². The third-order valence-electron chi connectivity index (χ3n) is 4.79. The van der Waals surface area contributed by atoms with Crippen molar-refractivity contribution in [2.45, 2.75) is 25.4 Å². The van der Waals surface area contributed by atoms with Crippen LogP contribution >= 0.6 is 0 Å². The Morgan fingerprint density at radius 1 is 0.962 bits per heavy atom. The van der Waals surface area contributed by atoms with Gasteiger partial charge in [-0.1, -0.05) is 60.7 Å². The van der Waals surface area contributed by atoms with Crippen molar-refractivity contribution in [3.63, 3.8) is 0 Å². The van der Waals surface area contributed by atoms with E-state index in [1.807, 2.05) is 43.4 Å². The molecule has 0 unspecified atom stereocenters. The molecule has 5 nitrogen and oxygen atoms in total. The average Bonchev–Trinajstić information content (AvgIpc) is 2.82. The molecule has 2 aromatic rings. The number of nitrogens with zero attached hydrogens (tertiary/aromatic N) is 2. The van der Waals surface area contributed by atoms with Gasteiger partial charge < -0.3 is 5.32 Å². The molecule has 1 fully saturated rings. The van der Waals surface area contributed by atoms with Crippen LogP contribution in [0, 0.1) is 0 Å². The minimum Gasteiger partial charge on any atom is -0.324 e. The van der Waals surface area contributed by atoms with Crippen LogP contribution < -0.4 is 5.32 Å². The van der Waals surface area contributed by atoms with E-state index in [0.717, 1.165) is 0 Å². The maximum Gasteiger partial charge on any atom is 0.325 e. The minimum absolute atomic E-state index is 0.0613. The SMILES string of the molecule is CN(CCN1C(=O)NC(C)(C)C1=O)C(c1ccccc1)c1ccccc1. The lowest BCUT2D eigenvalue weighted by molar-refractivity contribution is -0.130. The maximum absolute atomic E-state index is 12.4. The summed E-state index contributed by atoms with van der Waals surface area (Å²) in [6, 6.07) is 20.3. The number of likely N-dealkylation sites (N-methyl/N-ethyl adjacent to an activating group) is 1. The fourth-order valence-electron chi connectivity index (χ4n) is 3.38. The van der Waals surface area contributed by atoms with Crippen LogP contribution in [-0.4, -0.2) is 47.4 Å². The summed E-state index contributed by atoms with van der Waals surface area (Å²) in [7, 11) is 2.02. The number of carbonyl (C=O) groups excluding carboxylic acids is 2. The number of urea groups is 1. The number of benzene rings is 2.